The third kappa shape index (κ3) is 2.61. The van der Waals surface area contributed by atoms with Crippen LogP contribution in [0.4, 0.5) is 0 Å². The van der Waals surface area contributed by atoms with Gasteiger partial charge in [0.05, 0.1) is 5.56 Å². The van der Waals surface area contributed by atoms with Gasteiger partial charge in [-0.2, -0.15) is 0 Å². The lowest BCUT2D eigenvalue weighted by molar-refractivity contribution is -0.124. The first-order valence-electron chi connectivity index (χ1n) is 4.85. The maximum Gasteiger partial charge on any atom is 0.276 e. The summed E-state index contributed by atoms with van der Waals surface area (Å²) in [7, 11) is 0. The summed E-state index contributed by atoms with van der Waals surface area (Å²) >= 11 is 1.47. The summed E-state index contributed by atoms with van der Waals surface area (Å²) in [6.45, 7) is -0.339. The second-order valence-corrected chi connectivity index (χ2v) is 4.24. The molecule has 1 heterocycles. The Hall–Kier alpha value is -1.92. The van der Waals surface area contributed by atoms with Gasteiger partial charge in [-0.3, -0.25) is 14.4 Å². The molecular weight excluding hydrogens is 240 g/mol. The van der Waals surface area contributed by atoms with Gasteiger partial charge < -0.3 is 5.73 Å². The Bertz CT molecular complexity index is 565. The lowest BCUT2D eigenvalue weighted by Gasteiger charge is -2.02. The molecule has 2 amide bonds. The van der Waals surface area contributed by atoms with E-state index in [4.69, 9.17) is 5.73 Å². The van der Waals surface area contributed by atoms with Gasteiger partial charge in [0.15, 0.2) is 6.61 Å². The number of fused-ring (bicyclic) bond motifs is 1. The second-order valence-electron chi connectivity index (χ2n) is 3.33. The first kappa shape index (κ1) is 11.6. The van der Waals surface area contributed by atoms with Crippen molar-refractivity contribution < 1.29 is 14.4 Å². The molecule has 1 aromatic carbocycles. The van der Waals surface area contributed by atoms with E-state index in [1.54, 1.807) is 5.38 Å². The van der Waals surface area contributed by atoms with Gasteiger partial charge in [0.1, 0.15) is 0 Å². The molecule has 3 N–H and O–H groups in total. The Labute approximate surface area is 101 Å². The molecule has 0 atom stereocenters. The van der Waals surface area contributed by atoms with Crippen LogP contribution in [0.15, 0.2) is 29.6 Å². The van der Waals surface area contributed by atoms with Crippen molar-refractivity contribution in [2.24, 2.45) is 5.73 Å². The van der Waals surface area contributed by atoms with Gasteiger partial charge >= 0.3 is 0 Å². The minimum atomic E-state index is -0.638. The van der Waals surface area contributed by atoms with Crippen LogP contribution in [0, 0.1) is 0 Å². The third-order valence-corrected chi connectivity index (χ3v) is 3.07. The molecule has 6 heteroatoms. The molecule has 0 aliphatic carbocycles. The predicted molar refractivity (Wildman–Crippen MR) is 64.4 cm³/mol. The van der Waals surface area contributed by atoms with Crippen LogP contribution in [0.25, 0.3) is 10.1 Å². The van der Waals surface area contributed by atoms with E-state index >= 15 is 0 Å². The Balaban J connectivity index is 2.11. The van der Waals surface area contributed by atoms with Crippen molar-refractivity contribution in [3.05, 3.63) is 35.2 Å². The zero-order chi connectivity index (χ0) is 12.3. The van der Waals surface area contributed by atoms with Crippen molar-refractivity contribution in [1.82, 2.24) is 5.48 Å². The number of hydrogen-bond acceptors (Lipinski definition) is 4. The van der Waals surface area contributed by atoms with Crippen LogP contribution in [0.2, 0.25) is 0 Å². The van der Waals surface area contributed by atoms with E-state index in [1.807, 2.05) is 24.3 Å². The molecule has 2 aromatic rings. The zero-order valence-corrected chi connectivity index (χ0v) is 9.62. The lowest BCUT2D eigenvalue weighted by atomic mass is 10.2. The van der Waals surface area contributed by atoms with E-state index in [2.05, 4.69) is 10.3 Å². The standard InChI is InChI=1S/C11H10N2O3S/c12-10(14)5-16-13-11(15)8-6-17-9-4-2-1-3-7(8)9/h1-4,6H,5H2,(H2,12,14)(H,13,15). The van der Waals surface area contributed by atoms with E-state index in [0.29, 0.717) is 5.56 Å². The molecule has 0 bridgehead atoms. The molecule has 1 aromatic heterocycles. The number of hydrogen-bond donors (Lipinski definition) is 2. The normalized spacial score (nSPS) is 10.4. The van der Waals surface area contributed by atoms with Gasteiger partial charge in [-0.15, -0.1) is 11.3 Å². The number of carbonyl (C=O) groups excluding carboxylic acids is 2. The molecule has 0 aliphatic rings. The molecule has 0 radical (unpaired) electrons. The van der Waals surface area contributed by atoms with Gasteiger partial charge in [-0.1, -0.05) is 18.2 Å². The maximum atomic E-state index is 11.7. The smallest absolute Gasteiger partial charge is 0.276 e. The van der Waals surface area contributed by atoms with Crippen molar-refractivity contribution in [2.75, 3.05) is 6.61 Å². The zero-order valence-electron chi connectivity index (χ0n) is 8.80. The van der Waals surface area contributed by atoms with Crippen LogP contribution in [0.1, 0.15) is 10.4 Å². The number of amides is 2. The maximum absolute atomic E-state index is 11.7. The third-order valence-electron chi connectivity index (χ3n) is 2.10. The highest BCUT2D eigenvalue weighted by Crippen LogP contribution is 2.25. The molecule has 5 nitrogen and oxygen atoms in total. The number of nitrogens with one attached hydrogen (secondary N) is 1. The van der Waals surface area contributed by atoms with Gasteiger partial charge in [0.2, 0.25) is 5.91 Å². The summed E-state index contributed by atoms with van der Waals surface area (Å²) in [5.41, 5.74) is 7.57. The van der Waals surface area contributed by atoms with Crippen LogP contribution in [-0.2, 0) is 9.63 Å². The van der Waals surface area contributed by atoms with Gasteiger partial charge in [-0.25, -0.2) is 5.48 Å². The first-order chi connectivity index (χ1) is 8.18. The largest absolute Gasteiger partial charge is 0.368 e. The minimum Gasteiger partial charge on any atom is -0.368 e. The van der Waals surface area contributed by atoms with Crippen LogP contribution in [-0.4, -0.2) is 18.4 Å². The lowest BCUT2D eigenvalue weighted by Crippen LogP contribution is -2.29. The molecule has 0 saturated carbocycles. The second kappa shape index (κ2) is 4.94. The highest BCUT2D eigenvalue weighted by atomic mass is 32.1. The average Bonchev–Trinajstić information content (AvgIpc) is 2.72. The fraction of sp³-hybridized carbons (Fsp3) is 0.0909. The van der Waals surface area contributed by atoms with Crippen LogP contribution < -0.4 is 11.2 Å². The van der Waals surface area contributed by atoms with E-state index in [0.717, 1.165) is 10.1 Å². The Morgan fingerprint density at radius 1 is 1.35 bits per heavy atom. The van der Waals surface area contributed by atoms with Crippen molar-refractivity contribution in [3.8, 4) is 0 Å². The van der Waals surface area contributed by atoms with E-state index in [-0.39, 0.29) is 12.5 Å². The summed E-state index contributed by atoms with van der Waals surface area (Å²) < 4.78 is 1.02. The number of benzene rings is 1. The molecule has 0 spiro atoms. The summed E-state index contributed by atoms with van der Waals surface area (Å²) in [6.07, 6.45) is 0. The molecule has 0 saturated heterocycles. The van der Waals surface area contributed by atoms with E-state index in [9.17, 15) is 9.59 Å². The Morgan fingerprint density at radius 2 is 2.12 bits per heavy atom. The SMILES string of the molecule is NC(=O)CONC(=O)c1csc2ccccc12. The number of carbonyl (C=O) groups is 2. The number of hydroxylamine groups is 1. The molecule has 0 fully saturated rings. The first-order valence-corrected chi connectivity index (χ1v) is 5.73. The van der Waals surface area contributed by atoms with Gasteiger partial charge in [0, 0.05) is 15.5 Å². The van der Waals surface area contributed by atoms with Crippen molar-refractivity contribution in [3.63, 3.8) is 0 Å². The van der Waals surface area contributed by atoms with E-state index < -0.39 is 5.91 Å². The Kier molecular flexibility index (Phi) is 3.36. The van der Waals surface area contributed by atoms with Gasteiger partial charge in [-0.05, 0) is 6.07 Å². The van der Waals surface area contributed by atoms with Crippen molar-refractivity contribution >= 4 is 33.2 Å². The summed E-state index contributed by atoms with van der Waals surface area (Å²) in [5, 5.41) is 2.60. The Morgan fingerprint density at radius 3 is 2.88 bits per heavy atom. The molecule has 0 aliphatic heterocycles. The highest BCUT2D eigenvalue weighted by Gasteiger charge is 2.11. The fourth-order valence-corrected chi connectivity index (χ4v) is 2.32. The summed E-state index contributed by atoms with van der Waals surface area (Å²) in [5.74, 6) is -1.02. The topological polar surface area (TPSA) is 81.4 Å². The quantitative estimate of drug-likeness (QED) is 0.796. The number of rotatable bonds is 4. The van der Waals surface area contributed by atoms with Crippen LogP contribution in [0.5, 0.6) is 0 Å². The molecular formula is C11H10N2O3S. The summed E-state index contributed by atoms with van der Waals surface area (Å²) in [6, 6.07) is 7.55. The number of primary amides is 1. The monoisotopic (exact) mass is 250 g/mol. The summed E-state index contributed by atoms with van der Waals surface area (Å²) in [4.78, 5) is 26.8. The number of nitrogens with two attached hydrogens (primary N) is 1. The minimum absolute atomic E-state index is 0.339. The average molecular weight is 250 g/mol. The van der Waals surface area contributed by atoms with Crippen LogP contribution >= 0.6 is 11.3 Å². The fourth-order valence-electron chi connectivity index (χ4n) is 1.38. The molecule has 17 heavy (non-hydrogen) atoms. The highest BCUT2D eigenvalue weighted by molar-refractivity contribution is 7.17. The molecule has 2 rings (SSSR count). The van der Waals surface area contributed by atoms with Crippen molar-refractivity contribution in [1.29, 1.82) is 0 Å². The molecule has 0 unspecified atom stereocenters. The van der Waals surface area contributed by atoms with Crippen molar-refractivity contribution in [2.45, 2.75) is 0 Å². The van der Waals surface area contributed by atoms with Crippen LogP contribution in [0.3, 0.4) is 0 Å². The molecule has 88 valence electrons. The predicted octanol–water partition coefficient (Wildman–Crippen LogP) is 1.05. The van der Waals surface area contributed by atoms with E-state index in [1.165, 1.54) is 11.3 Å². The van der Waals surface area contributed by atoms with Gasteiger partial charge in [0.25, 0.3) is 5.91 Å². The number of thiophene rings is 1.